The van der Waals surface area contributed by atoms with Crippen LogP contribution in [0.2, 0.25) is 0 Å². The summed E-state index contributed by atoms with van der Waals surface area (Å²) in [7, 11) is 0. The molecule has 0 radical (unpaired) electrons. The molecular weight excluding hydrogens is 180 g/mol. The van der Waals surface area contributed by atoms with Gasteiger partial charge in [0.05, 0.1) is 0 Å². The van der Waals surface area contributed by atoms with Gasteiger partial charge in [0.1, 0.15) is 0 Å². The van der Waals surface area contributed by atoms with Gasteiger partial charge >= 0.3 is 0 Å². The predicted molar refractivity (Wildman–Crippen MR) is 62.5 cm³/mol. The van der Waals surface area contributed by atoms with Gasteiger partial charge < -0.3 is 0 Å². The van der Waals surface area contributed by atoms with Crippen molar-refractivity contribution in [1.82, 2.24) is 0 Å². The van der Waals surface area contributed by atoms with Gasteiger partial charge in [-0.25, -0.2) is 0 Å². The van der Waals surface area contributed by atoms with Crippen LogP contribution in [-0.4, -0.2) is 0 Å². The molecule has 1 atom stereocenters. The molecule has 1 spiro atoms. The summed E-state index contributed by atoms with van der Waals surface area (Å²) in [5.41, 5.74) is 0.868. The first kappa shape index (κ1) is 9.07. The molecule has 0 heteroatoms. The summed E-state index contributed by atoms with van der Waals surface area (Å²) in [5, 5.41) is 0. The number of hydrogen-bond donors (Lipinski definition) is 0. The molecule has 5 rings (SSSR count). The zero-order valence-electron chi connectivity index (χ0n) is 10.0. The summed E-state index contributed by atoms with van der Waals surface area (Å²) in [6.45, 7) is 2.50. The second kappa shape index (κ2) is 2.81. The van der Waals surface area contributed by atoms with Gasteiger partial charge in [-0.2, -0.15) is 0 Å². The normalized spacial score (nSPS) is 61.8. The van der Waals surface area contributed by atoms with Crippen molar-refractivity contribution in [2.45, 2.75) is 58.3 Å². The van der Waals surface area contributed by atoms with Gasteiger partial charge in [0.25, 0.3) is 0 Å². The molecule has 0 N–H and O–H groups in total. The molecule has 1 unspecified atom stereocenters. The zero-order valence-corrected chi connectivity index (χ0v) is 10.0. The van der Waals surface area contributed by atoms with Crippen molar-refractivity contribution in [2.75, 3.05) is 0 Å². The third-order valence-corrected chi connectivity index (χ3v) is 6.60. The molecule has 0 saturated heterocycles. The minimum Gasteiger partial charge on any atom is -0.0625 e. The van der Waals surface area contributed by atoms with Gasteiger partial charge in [-0.3, -0.25) is 0 Å². The highest BCUT2D eigenvalue weighted by Crippen LogP contribution is 2.67. The van der Waals surface area contributed by atoms with Gasteiger partial charge in [-0.15, -0.1) is 0 Å². The second-order valence-corrected chi connectivity index (χ2v) is 7.39. The molecule has 0 amide bonds. The zero-order chi connectivity index (χ0) is 10.0. The summed E-state index contributed by atoms with van der Waals surface area (Å²) in [6.07, 6.45) is 12.9. The van der Waals surface area contributed by atoms with Crippen LogP contribution in [0.15, 0.2) is 0 Å². The van der Waals surface area contributed by atoms with Gasteiger partial charge in [0.15, 0.2) is 0 Å². The molecule has 5 aliphatic carbocycles. The van der Waals surface area contributed by atoms with E-state index in [0.717, 1.165) is 23.2 Å². The highest BCUT2D eigenvalue weighted by Gasteiger charge is 2.58. The molecule has 5 saturated carbocycles. The Kier molecular flexibility index (Phi) is 1.70. The summed E-state index contributed by atoms with van der Waals surface area (Å²) >= 11 is 0. The third kappa shape index (κ3) is 1.09. The highest BCUT2D eigenvalue weighted by molar-refractivity contribution is 5.08. The van der Waals surface area contributed by atoms with Crippen molar-refractivity contribution in [2.24, 2.45) is 35.0 Å². The molecular formula is C15H24. The Balaban J connectivity index is 1.70. The first-order valence-corrected chi connectivity index (χ1v) is 7.26. The monoisotopic (exact) mass is 204 g/mol. The van der Waals surface area contributed by atoms with E-state index in [-0.39, 0.29) is 0 Å². The van der Waals surface area contributed by atoms with E-state index in [2.05, 4.69) is 6.92 Å². The van der Waals surface area contributed by atoms with Crippen molar-refractivity contribution in [3.63, 3.8) is 0 Å². The van der Waals surface area contributed by atoms with E-state index >= 15 is 0 Å². The summed E-state index contributed by atoms with van der Waals surface area (Å²) in [4.78, 5) is 0. The maximum atomic E-state index is 2.50. The summed E-state index contributed by atoms with van der Waals surface area (Å²) in [5.74, 6) is 5.70. The van der Waals surface area contributed by atoms with Crippen LogP contribution >= 0.6 is 0 Å². The van der Waals surface area contributed by atoms with E-state index < -0.39 is 0 Å². The maximum Gasteiger partial charge on any atom is -0.0238 e. The Hall–Kier alpha value is 0. The second-order valence-electron chi connectivity index (χ2n) is 7.39. The van der Waals surface area contributed by atoms with E-state index in [0.29, 0.717) is 0 Å². The molecule has 0 nitrogen and oxygen atoms in total. The van der Waals surface area contributed by atoms with Crippen LogP contribution in [0.1, 0.15) is 58.3 Å². The van der Waals surface area contributed by atoms with Crippen molar-refractivity contribution < 1.29 is 0 Å². The topological polar surface area (TPSA) is 0 Å². The number of rotatable bonds is 0. The molecule has 4 bridgehead atoms. The SMILES string of the molecule is CC1CCC2(C1)C1CC3CC(C1)CC2C3. The minimum atomic E-state index is 0.868. The fraction of sp³-hybridized carbons (Fsp3) is 1.00. The largest absolute Gasteiger partial charge is 0.0625 e. The lowest BCUT2D eigenvalue weighted by molar-refractivity contribution is -0.106. The van der Waals surface area contributed by atoms with Gasteiger partial charge in [-0.1, -0.05) is 13.3 Å². The van der Waals surface area contributed by atoms with Crippen molar-refractivity contribution >= 4 is 0 Å². The first-order valence-electron chi connectivity index (χ1n) is 7.26. The average molecular weight is 204 g/mol. The van der Waals surface area contributed by atoms with Crippen LogP contribution in [-0.2, 0) is 0 Å². The molecule has 0 aliphatic heterocycles. The summed E-state index contributed by atoms with van der Waals surface area (Å²) < 4.78 is 0. The Labute approximate surface area is 93.8 Å². The van der Waals surface area contributed by atoms with Crippen LogP contribution in [0.3, 0.4) is 0 Å². The highest BCUT2D eigenvalue weighted by atomic mass is 14.6. The Morgan fingerprint density at radius 3 is 1.93 bits per heavy atom. The van der Waals surface area contributed by atoms with Crippen LogP contribution in [0.25, 0.3) is 0 Å². The van der Waals surface area contributed by atoms with E-state index in [9.17, 15) is 0 Å². The fourth-order valence-corrected chi connectivity index (χ4v) is 6.23. The predicted octanol–water partition coefficient (Wildman–Crippen LogP) is 4.25. The quantitative estimate of drug-likeness (QED) is 0.553. The maximum absolute atomic E-state index is 2.50. The molecule has 0 aromatic carbocycles. The van der Waals surface area contributed by atoms with Crippen molar-refractivity contribution in [3.8, 4) is 0 Å². The molecule has 84 valence electrons. The molecule has 5 aliphatic rings. The minimum absolute atomic E-state index is 0.868. The summed E-state index contributed by atoms with van der Waals surface area (Å²) in [6, 6.07) is 0. The lowest BCUT2D eigenvalue weighted by Crippen LogP contribution is -2.51. The molecule has 5 fully saturated rings. The van der Waals surface area contributed by atoms with Crippen LogP contribution < -0.4 is 0 Å². The van der Waals surface area contributed by atoms with E-state index in [1.54, 1.807) is 51.4 Å². The standard InChI is InChI=1S/C15H24/c1-10-2-3-15(9-10)13-5-11-4-12(7-13)8-14(15)6-11/h10-14H,2-9H2,1H3. The lowest BCUT2D eigenvalue weighted by atomic mass is 9.45. The van der Waals surface area contributed by atoms with Gasteiger partial charge in [0.2, 0.25) is 0 Å². The smallest absolute Gasteiger partial charge is 0.0238 e. The third-order valence-electron chi connectivity index (χ3n) is 6.60. The van der Waals surface area contributed by atoms with E-state index in [4.69, 9.17) is 0 Å². The van der Waals surface area contributed by atoms with Gasteiger partial charge in [0, 0.05) is 0 Å². The number of hydrogen-bond acceptors (Lipinski definition) is 0. The molecule has 15 heavy (non-hydrogen) atoms. The van der Waals surface area contributed by atoms with E-state index in [1.165, 1.54) is 11.8 Å². The average Bonchev–Trinajstić information content (AvgIpc) is 2.57. The van der Waals surface area contributed by atoms with Crippen LogP contribution in [0.5, 0.6) is 0 Å². The van der Waals surface area contributed by atoms with Crippen LogP contribution in [0.4, 0.5) is 0 Å². The molecule has 0 heterocycles. The van der Waals surface area contributed by atoms with Gasteiger partial charge in [-0.05, 0) is 80.0 Å². The Morgan fingerprint density at radius 1 is 0.867 bits per heavy atom. The first-order chi connectivity index (χ1) is 7.26. The Bertz CT molecular complexity index is 250. The Morgan fingerprint density at radius 2 is 1.47 bits per heavy atom. The van der Waals surface area contributed by atoms with E-state index in [1.807, 2.05) is 0 Å². The lowest BCUT2D eigenvalue weighted by Gasteiger charge is -2.60. The molecule has 0 aromatic heterocycles. The van der Waals surface area contributed by atoms with Crippen LogP contribution in [0, 0.1) is 35.0 Å². The van der Waals surface area contributed by atoms with Crippen molar-refractivity contribution in [3.05, 3.63) is 0 Å². The van der Waals surface area contributed by atoms with Crippen molar-refractivity contribution in [1.29, 1.82) is 0 Å². The fourth-order valence-electron chi connectivity index (χ4n) is 6.23. The molecule has 0 aromatic rings.